The minimum atomic E-state index is 0.932. The summed E-state index contributed by atoms with van der Waals surface area (Å²) in [5.41, 5.74) is 4.57. The summed E-state index contributed by atoms with van der Waals surface area (Å²) < 4.78 is 0. The highest BCUT2D eigenvalue weighted by molar-refractivity contribution is 5.60. The Morgan fingerprint density at radius 1 is 0.652 bits per heavy atom. The van der Waals surface area contributed by atoms with Crippen molar-refractivity contribution < 1.29 is 0 Å². The van der Waals surface area contributed by atoms with Gasteiger partial charge in [-0.2, -0.15) is 0 Å². The van der Waals surface area contributed by atoms with E-state index in [9.17, 15) is 0 Å². The first-order valence-electron chi connectivity index (χ1n) is 7.78. The molecule has 0 aliphatic rings. The summed E-state index contributed by atoms with van der Waals surface area (Å²) in [6, 6.07) is 28.8. The maximum Gasteiger partial charge on any atom is 0.0321 e. The van der Waals surface area contributed by atoms with E-state index in [-0.39, 0.29) is 0 Å². The van der Waals surface area contributed by atoms with Gasteiger partial charge in [0, 0.05) is 11.1 Å². The van der Waals surface area contributed by atoms with E-state index in [1.54, 1.807) is 0 Å². The first-order chi connectivity index (χ1) is 11.4. The van der Waals surface area contributed by atoms with Gasteiger partial charge in [-0.15, -0.1) is 0 Å². The summed E-state index contributed by atoms with van der Waals surface area (Å²) in [7, 11) is 0. The molecule has 0 bridgehead atoms. The Labute approximate surface area is 138 Å². The zero-order valence-electron chi connectivity index (χ0n) is 12.9. The predicted molar refractivity (Wildman–Crippen MR) is 98.0 cm³/mol. The molecule has 0 aliphatic heterocycles. The number of allylic oxidation sites excluding steroid dienone is 1. The van der Waals surface area contributed by atoms with Crippen molar-refractivity contribution in [2.45, 2.75) is 6.42 Å². The maximum atomic E-state index is 3.28. The van der Waals surface area contributed by atoms with Crippen molar-refractivity contribution >= 4 is 6.08 Å². The lowest BCUT2D eigenvalue weighted by atomic mass is 10.1. The molecular formula is C23H18. The van der Waals surface area contributed by atoms with Crippen molar-refractivity contribution in [3.8, 4) is 11.8 Å². The Morgan fingerprint density at radius 2 is 1.30 bits per heavy atom. The van der Waals surface area contributed by atoms with Crippen LogP contribution in [0.3, 0.4) is 0 Å². The van der Waals surface area contributed by atoms with Crippen LogP contribution in [0.5, 0.6) is 0 Å². The Bertz CT molecular complexity index is 831. The molecule has 0 amide bonds. The van der Waals surface area contributed by atoms with Gasteiger partial charge in [-0.05, 0) is 35.7 Å². The molecule has 0 atom stereocenters. The summed E-state index contributed by atoms with van der Waals surface area (Å²) in [5, 5.41) is 0. The Hall–Kier alpha value is -3.04. The lowest BCUT2D eigenvalue weighted by Crippen LogP contribution is -1.83. The molecule has 0 nitrogen and oxygen atoms in total. The van der Waals surface area contributed by atoms with Crippen LogP contribution >= 0.6 is 0 Å². The van der Waals surface area contributed by atoms with Gasteiger partial charge < -0.3 is 0 Å². The third-order valence-electron chi connectivity index (χ3n) is 3.57. The van der Waals surface area contributed by atoms with Crippen LogP contribution in [0.1, 0.15) is 22.3 Å². The zero-order valence-corrected chi connectivity index (χ0v) is 12.9. The number of hydrogen-bond donors (Lipinski definition) is 0. The highest BCUT2D eigenvalue weighted by Gasteiger charge is 1.95. The highest BCUT2D eigenvalue weighted by Crippen LogP contribution is 2.11. The van der Waals surface area contributed by atoms with E-state index in [2.05, 4.69) is 66.5 Å². The largest absolute Gasteiger partial charge is 0.0795 e. The van der Waals surface area contributed by atoms with E-state index in [1.807, 2.05) is 42.5 Å². The van der Waals surface area contributed by atoms with Gasteiger partial charge in [-0.25, -0.2) is 0 Å². The van der Waals surface area contributed by atoms with Gasteiger partial charge in [0.1, 0.15) is 0 Å². The van der Waals surface area contributed by atoms with Crippen LogP contribution in [0.25, 0.3) is 6.08 Å². The Kier molecular flexibility index (Phi) is 5.06. The zero-order chi connectivity index (χ0) is 15.7. The molecular weight excluding hydrogens is 276 g/mol. The second-order valence-corrected chi connectivity index (χ2v) is 5.30. The van der Waals surface area contributed by atoms with E-state index in [0.29, 0.717) is 0 Å². The van der Waals surface area contributed by atoms with Crippen LogP contribution in [0.15, 0.2) is 91.0 Å². The quantitative estimate of drug-likeness (QED) is 0.572. The van der Waals surface area contributed by atoms with E-state index in [1.165, 1.54) is 5.56 Å². The summed E-state index contributed by atoms with van der Waals surface area (Å²) in [4.78, 5) is 0. The predicted octanol–water partition coefficient (Wildman–Crippen LogP) is 5.34. The second-order valence-electron chi connectivity index (χ2n) is 5.30. The first kappa shape index (κ1) is 14.9. The molecule has 0 saturated heterocycles. The molecule has 0 radical (unpaired) electrons. The van der Waals surface area contributed by atoms with Crippen LogP contribution < -0.4 is 0 Å². The van der Waals surface area contributed by atoms with Gasteiger partial charge in [-0.1, -0.05) is 90.7 Å². The molecule has 3 aromatic carbocycles. The van der Waals surface area contributed by atoms with E-state index < -0.39 is 0 Å². The third-order valence-corrected chi connectivity index (χ3v) is 3.57. The SMILES string of the molecule is C(#Cc1ccccc1C=CCc1ccccc1)c1ccccc1. The van der Waals surface area contributed by atoms with Crippen LogP contribution in [0, 0.1) is 11.8 Å². The molecule has 0 unspecified atom stereocenters. The molecule has 23 heavy (non-hydrogen) atoms. The maximum absolute atomic E-state index is 3.28. The van der Waals surface area contributed by atoms with Crippen LogP contribution in [-0.4, -0.2) is 0 Å². The summed E-state index contributed by atoms with van der Waals surface area (Å²) >= 11 is 0. The molecule has 0 aromatic heterocycles. The molecule has 0 spiro atoms. The first-order valence-corrected chi connectivity index (χ1v) is 7.78. The monoisotopic (exact) mass is 294 g/mol. The standard InChI is InChI=1S/C23H18/c1-3-10-20(11-4-1)14-9-17-22-15-7-8-16-23(22)19-18-21-12-5-2-6-13-21/h1-13,15-17H,14H2. The number of benzene rings is 3. The fourth-order valence-electron chi connectivity index (χ4n) is 2.35. The van der Waals surface area contributed by atoms with Gasteiger partial charge in [0.2, 0.25) is 0 Å². The lowest BCUT2D eigenvalue weighted by Gasteiger charge is -1.99. The summed E-state index contributed by atoms with van der Waals surface area (Å²) in [6.45, 7) is 0. The van der Waals surface area contributed by atoms with Crippen molar-refractivity contribution in [1.29, 1.82) is 0 Å². The number of rotatable bonds is 3. The smallest absolute Gasteiger partial charge is 0.0321 e. The summed E-state index contributed by atoms with van der Waals surface area (Å²) in [5.74, 6) is 6.50. The fourth-order valence-corrected chi connectivity index (χ4v) is 2.35. The molecule has 0 saturated carbocycles. The fraction of sp³-hybridized carbons (Fsp3) is 0.0435. The number of hydrogen-bond acceptors (Lipinski definition) is 0. The summed E-state index contributed by atoms with van der Waals surface area (Å²) in [6.07, 6.45) is 5.28. The van der Waals surface area contributed by atoms with Crippen LogP contribution in [0.2, 0.25) is 0 Å². The lowest BCUT2D eigenvalue weighted by molar-refractivity contribution is 1.28. The van der Waals surface area contributed by atoms with Crippen molar-refractivity contribution in [3.05, 3.63) is 113 Å². The molecule has 0 heterocycles. The average Bonchev–Trinajstić information content (AvgIpc) is 2.63. The minimum absolute atomic E-state index is 0.932. The van der Waals surface area contributed by atoms with Gasteiger partial charge in [0.15, 0.2) is 0 Å². The molecule has 0 fully saturated rings. The molecule has 0 N–H and O–H groups in total. The third kappa shape index (κ3) is 4.46. The molecule has 0 heteroatoms. The van der Waals surface area contributed by atoms with Crippen molar-refractivity contribution in [2.24, 2.45) is 0 Å². The Morgan fingerprint density at radius 3 is 2.09 bits per heavy atom. The van der Waals surface area contributed by atoms with E-state index in [4.69, 9.17) is 0 Å². The van der Waals surface area contributed by atoms with Crippen LogP contribution in [-0.2, 0) is 6.42 Å². The van der Waals surface area contributed by atoms with Gasteiger partial charge in [-0.3, -0.25) is 0 Å². The molecule has 3 rings (SSSR count). The highest BCUT2D eigenvalue weighted by atomic mass is 14.0. The van der Waals surface area contributed by atoms with Gasteiger partial charge in [0.05, 0.1) is 0 Å². The molecule has 0 aliphatic carbocycles. The average molecular weight is 294 g/mol. The molecule has 3 aromatic rings. The van der Waals surface area contributed by atoms with E-state index in [0.717, 1.165) is 23.1 Å². The van der Waals surface area contributed by atoms with E-state index >= 15 is 0 Å². The molecule has 110 valence electrons. The van der Waals surface area contributed by atoms with Gasteiger partial charge in [0.25, 0.3) is 0 Å². The van der Waals surface area contributed by atoms with Crippen LogP contribution in [0.4, 0.5) is 0 Å². The minimum Gasteiger partial charge on any atom is -0.0795 e. The van der Waals surface area contributed by atoms with Crippen molar-refractivity contribution in [1.82, 2.24) is 0 Å². The van der Waals surface area contributed by atoms with Crippen molar-refractivity contribution in [3.63, 3.8) is 0 Å². The topological polar surface area (TPSA) is 0 Å². The van der Waals surface area contributed by atoms with Crippen molar-refractivity contribution in [2.75, 3.05) is 0 Å². The van der Waals surface area contributed by atoms with Gasteiger partial charge >= 0.3 is 0 Å². The Balaban J connectivity index is 1.77. The normalized spacial score (nSPS) is 10.3. The second kappa shape index (κ2) is 7.82.